The minimum absolute atomic E-state index is 0.00141. The first-order valence-electron chi connectivity index (χ1n) is 7.49. The van der Waals surface area contributed by atoms with Crippen LogP contribution >= 0.6 is 0 Å². The lowest BCUT2D eigenvalue weighted by molar-refractivity contribution is -0.122. The largest absolute Gasteiger partial charge is 0.396 e. The van der Waals surface area contributed by atoms with Crippen molar-refractivity contribution in [3.8, 4) is 0 Å². The summed E-state index contributed by atoms with van der Waals surface area (Å²) in [5, 5.41) is 15.9. The Morgan fingerprint density at radius 2 is 2.20 bits per heavy atom. The van der Waals surface area contributed by atoms with E-state index >= 15 is 0 Å². The van der Waals surface area contributed by atoms with Crippen LogP contribution in [0.5, 0.6) is 0 Å². The molecular weight excluding hydrogens is 258 g/mol. The number of nitrogens with one attached hydrogen (secondary N) is 1. The molecule has 1 aromatic heterocycles. The SMILES string of the molecule is O=C(CCc1nc(C2CC2)no1)NC(CCO)C1CC1. The Bertz CT molecular complexity index is 466. The molecule has 2 N–H and O–H groups in total. The molecular formula is C14H21N3O3. The summed E-state index contributed by atoms with van der Waals surface area (Å²) in [6.45, 7) is 0.121. The lowest BCUT2D eigenvalue weighted by Crippen LogP contribution is -2.37. The van der Waals surface area contributed by atoms with E-state index in [2.05, 4.69) is 15.5 Å². The summed E-state index contributed by atoms with van der Waals surface area (Å²) in [6, 6.07) is 0.122. The second-order valence-corrected chi connectivity index (χ2v) is 5.84. The molecule has 1 atom stereocenters. The molecule has 1 aromatic rings. The third kappa shape index (κ3) is 3.56. The third-order valence-corrected chi connectivity index (χ3v) is 3.97. The van der Waals surface area contributed by atoms with Crippen LogP contribution in [0.1, 0.15) is 56.2 Å². The third-order valence-electron chi connectivity index (χ3n) is 3.97. The smallest absolute Gasteiger partial charge is 0.227 e. The van der Waals surface area contributed by atoms with Crippen molar-refractivity contribution < 1.29 is 14.4 Å². The molecule has 2 aliphatic rings. The van der Waals surface area contributed by atoms with Crippen LogP contribution < -0.4 is 5.32 Å². The van der Waals surface area contributed by atoms with Crippen LogP contribution in [0.4, 0.5) is 0 Å². The molecule has 2 saturated carbocycles. The van der Waals surface area contributed by atoms with Crippen molar-refractivity contribution in [1.82, 2.24) is 15.5 Å². The van der Waals surface area contributed by atoms with E-state index in [4.69, 9.17) is 9.63 Å². The Labute approximate surface area is 117 Å². The fourth-order valence-electron chi connectivity index (χ4n) is 2.44. The van der Waals surface area contributed by atoms with Crippen molar-refractivity contribution in [3.63, 3.8) is 0 Å². The van der Waals surface area contributed by atoms with Gasteiger partial charge in [-0.2, -0.15) is 4.98 Å². The second-order valence-electron chi connectivity index (χ2n) is 5.84. The molecule has 0 aromatic carbocycles. The van der Waals surface area contributed by atoms with Crippen LogP contribution in [0.15, 0.2) is 4.52 Å². The Balaban J connectivity index is 1.43. The molecule has 0 radical (unpaired) electrons. The second kappa shape index (κ2) is 5.91. The molecule has 6 heteroatoms. The van der Waals surface area contributed by atoms with E-state index in [0.717, 1.165) is 31.5 Å². The van der Waals surface area contributed by atoms with Crippen molar-refractivity contribution in [1.29, 1.82) is 0 Å². The highest BCUT2D eigenvalue weighted by atomic mass is 16.5. The van der Waals surface area contributed by atoms with Crippen LogP contribution in [0.3, 0.4) is 0 Å². The molecule has 1 amide bonds. The van der Waals surface area contributed by atoms with E-state index in [-0.39, 0.29) is 18.6 Å². The Hall–Kier alpha value is -1.43. The van der Waals surface area contributed by atoms with Crippen molar-refractivity contribution in [2.24, 2.45) is 5.92 Å². The quantitative estimate of drug-likeness (QED) is 0.745. The van der Waals surface area contributed by atoms with Gasteiger partial charge in [0.25, 0.3) is 0 Å². The summed E-state index contributed by atoms with van der Waals surface area (Å²) in [4.78, 5) is 16.2. The number of hydrogen-bond donors (Lipinski definition) is 2. The van der Waals surface area contributed by atoms with E-state index < -0.39 is 0 Å². The van der Waals surface area contributed by atoms with E-state index in [0.29, 0.717) is 37.0 Å². The van der Waals surface area contributed by atoms with Crippen LogP contribution in [0.2, 0.25) is 0 Å². The average Bonchev–Trinajstić information content (AvgIpc) is 3.34. The van der Waals surface area contributed by atoms with Crippen LogP contribution in [0.25, 0.3) is 0 Å². The lowest BCUT2D eigenvalue weighted by atomic mass is 10.1. The number of carbonyl (C=O) groups excluding carboxylic acids is 1. The summed E-state index contributed by atoms with van der Waals surface area (Å²) < 4.78 is 5.15. The summed E-state index contributed by atoms with van der Waals surface area (Å²) in [7, 11) is 0. The number of aromatic nitrogens is 2. The van der Waals surface area contributed by atoms with Crippen molar-refractivity contribution in [2.45, 2.75) is 56.9 Å². The highest BCUT2D eigenvalue weighted by Crippen LogP contribution is 2.38. The fraction of sp³-hybridized carbons (Fsp3) is 0.786. The monoisotopic (exact) mass is 279 g/mol. The van der Waals surface area contributed by atoms with Crippen LogP contribution in [0, 0.1) is 5.92 Å². The maximum Gasteiger partial charge on any atom is 0.227 e. The maximum atomic E-state index is 11.9. The van der Waals surface area contributed by atoms with Gasteiger partial charge < -0.3 is 14.9 Å². The number of amides is 1. The fourth-order valence-corrected chi connectivity index (χ4v) is 2.44. The molecule has 2 fully saturated rings. The van der Waals surface area contributed by atoms with Crippen LogP contribution in [-0.2, 0) is 11.2 Å². The van der Waals surface area contributed by atoms with Gasteiger partial charge in [0.15, 0.2) is 5.82 Å². The molecule has 0 saturated heterocycles. The summed E-state index contributed by atoms with van der Waals surface area (Å²) in [6.07, 6.45) is 6.08. The highest BCUT2D eigenvalue weighted by molar-refractivity contribution is 5.76. The molecule has 20 heavy (non-hydrogen) atoms. The zero-order valence-corrected chi connectivity index (χ0v) is 11.5. The Kier molecular flexibility index (Phi) is 4.00. The first-order chi connectivity index (χ1) is 9.76. The van der Waals surface area contributed by atoms with E-state index in [9.17, 15) is 4.79 Å². The number of carbonyl (C=O) groups is 1. The Morgan fingerprint density at radius 3 is 2.85 bits per heavy atom. The molecule has 110 valence electrons. The molecule has 1 unspecified atom stereocenters. The average molecular weight is 279 g/mol. The van der Waals surface area contributed by atoms with Gasteiger partial charge in [-0.3, -0.25) is 4.79 Å². The van der Waals surface area contributed by atoms with Gasteiger partial charge in [-0.05, 0) is 38.0 Å². The molecule has 6 nitrogen and oxygen atoms in total. The molecule has 0 spiro atoms. The number of hydrogen-bond acceptors (Lipinski definition) is 5. The number of aliphatic hydroxyl groups excluding tert-OH is 1. The first kappa shape index (κ1) is 13.5. The standard InChI is InChI=1S/C14H21N3O3/c18-8-7-11(9-1-2-9)15-12(19)5-6-13-16-14(17-20-13)10-3-4-10/h9-11,18H,1-8H2,(H,15,19). The van der Waals surface area contributed by atoms with Crippen molar-refractivity contribution in [3.05, 3.63) is 11.7 Å². The van der Waals surface area contributed by atoms with Gasteiger partial charge >= 0.3 is 0 Å². The zero-order chi connectivity index (χ0) is 13.9. The lowest BCUT2D eigenvalue weighted by Gasteiger charge is -2.16. The molecule has 0 aliphatic heterocycles. The number of rotatable bonds is 8. The minimum Gasteiger partial charge on any atom is -0.396 e. The van der Waals surface area contributed by atoms with E-state index in [1.165, 1.54) is 0 Å². The summed E-state index contributed by atoms with van der Waals surface area (Å²) in [5.41, 5.74) is 0. The predicted molar refractivity (Wildman–Crippen MR) is 71.0 cm³/mol. The van der Waals surface area contributed by atoms with Crippen LogP contribution in [-0.4, -0.2) is 33.8 Å². The number of nitrogens with zero attached hydrogens (tertiary/aromatic N) is 2. The Morgan fingerprint density at radius 1 is 1.40 bits per heavy atom. The molecule has 2 aliphatic carbocycles. The normalized spacial score (nSPS) is 19.9. The van der Waals surface area contributed by atoms with Crippen molar-refractivity contribution >= 4 is 5.91 Å². The zero-order valence-electron chi connectivity index (χ0n) is 11.5. The number of aliphatic hydroxyl groups is 1. The highest BCUT2D eigenvalue weighted by Gasteiger charge is 2.32. The predicted octanol–water partition coefficient (Wildman–Crippen LogP) is 1.16. The van der Waals surface area contributed by atoms with Gasteiger partial charge in [-0.25, -0.2) is 0 Å². The number of aryl methyl sites for hydroxylation is 1. The van der Waals surface area contributed by atoms with Gasteiger partial charge in [-0.15, -0.1) is 0 Å². The minimum atomic E-state index is 0.00141. The first-order valence-corrected chi connectivity index (χ1v) is 7.49. The molecule has 3 rings (SSSR count). The van der Waals surface area contributed by atoms with Gasteiger partial charge in [0.2, 0.25) is 11.8 Å². The summed E-state index contributed by atoms with van der Waals surface area (Å²) >= 11 is 0. The van der Waals surface area contributed by atoms with Gasteiger partial charge in [0.05, 0.1) is 0 Å². The van der Waals surface area contributed by atoms with E-state index in [1.807, 2.05) is 0 Å². The topological polar surface area (TPSA) is 88.2 Å². The molecule has 1 heterocycles. The van der Waals surface area contributed by atoms with Gasteiger partial charge in [-0.1, -0.05) is 5.16 Å². The van der Waals surface area contributed by atoms with Gasteiger partial charge in [0, 0.05) is 31.4 Å². The maximum absolute atomic E-state index is 11.9. The van der Waals surface area contributed by atoms with E-state index in [1.54, 1.807) is 0 Å². The van der Waals surface area contributed by atoms with Crippen molar-refractivity contribution in [2.75, 3.05) is 6.61 Å². The summed E-state index contributed by atoms with van der Waals surface area (Å²) in [5.74, 6) is 2.37. The van der Waals surface area contributed by atoms with Gasteiger partial charge in [0.1, 0.15) is 0 Å². The molecule has 0 bridgehead atoms.